The molecule has 0 saturated heterocycles. The fraction of sp³-hybridized carbons (Fsp3) is 0.286. The van der Waals surface area contributed by atoms with Gasteiger partial charge in [0.15, 0.2) is 4.47 Å². The van der Waals surface area contributed by atoms with Gasteiger partial charge in [0, 0.05) is 6.20 Å². The van der Waals surface area contributed by atoms with Gasteiger partial charge in [-0.3, -0.25) is 4.79 Å². The first-order valence-corrected chi connectivity index (χ1v) is 7.43. The van der Waals surface area contributed by atoms with Crippen molar-refractivity contribution >= 4 is 28.9 Å². The predicted molar refractivity (Wildman–Crippen MR) is 81.6 cm³/mol. The molecule has 1 aromatic heterocycles. The van der Waals surface area contributed by atoms with Crippen molar-refractivity contribution in [3.8, 4) is 5.75 Å². The lowest BCUT2D eigenvalue weighted by Crippen LogP contribution is -2.33. The van der Waals surface area contributed by atoms with Crippen molar-refractivity contribution < 1.29 is 14.3 Å². The lowest BCUT2D eigenvalue weighted by atomic mass is 10.1. The van der Waals surface area contributed by atoms with E-state index >= 15 is 0 Å². The topological polar surface area (TPSA) is 74.4 Å². The van der Waals surface area contributed by atoms with E-state index in [0.717, 1.165) is 10.4 Å². The summed E-state index contributed by atoms with van der Waals surface area (Å²) in [7, 11) is 1.32. The third-order valence-electron chi connectivity index (χ3n) is 2.76. The van der Waals surface area contributed by atoms with Crippen LogP contribution in [0.2, 0.25) is 4.47 Å². The summed E-state index contributed by atoms with van der Waals surface area (Å²) >= 11 is 7.14. The summed E-state index contributed by atoms with van der Waals surface area (Å²) in [5.41, 5.74) is 6.65. The molecular formula is C14H15ClN2O3S. The van der Waals surface area contributed by atoms with Crippen molar-refractivity contribution in [2.45, 2.75) is 19.1 Å². The maximum absolute atomic E-state index is 11.3. The second kappa shape index (κ2) is 7.40. The molecule has 0 spiro atoms. The van der Waals surface area contributed by atoms with Crippen LogP contribution in [0.3, 0.4) is 0 Å². The number of rotatable bonds is 6. The minimum atomic E-state index is -0.675. The number of esters is 1. The van der Waals surface area contributed by atoms with E-state index in [0.29, 0.717) is 23.2 Å². The maximum atomic E-state index is 11.3. The summed E-state index contributed by atoms with van der Waals surface area (Å²) in [6.07, 6.45) is 2.08. The second-order valence-electron chi connectivity index (χ2n) is 4.35. The third kappa shape index (κ3) is 4.70. The van der Waals surface area contributed by atoms with Crippen LogP contribution in [0.25, 0.3) is 0 Å². The Balaban J connectivity index is 1.95. The van der Waals surface area contributed by atoms with Crippen LogP contribution in [-0.2, 0) is 22.6 Å². The van der Waals surface area contributed by atoms with Crippen molar-refractivity contribution in [1.29, 1.82) is 0 Å². The minimum absolute atomic E-state index is 0.399. The monoisotopic (exact) mass is 326 g/mol. The normalized spacial score (nSPS) is 12.0. The van der Waals surface area contributed by atoms with Gasteiger partial charge in [-0.15, -0.1) is 11.3 Å². The summed E-state index contributed by atoms with van der Waals surface area (Å²) in [4.78, 5) is 16.2. The van der Waals surface area contributed by atoms with E-state index in [-0.39, 0.29) is 0 Å². The zero-order valence-corrected chi connectivity index (χ0v) is 13.0. The average Bonchev–Trinajstić information content (AvgIpc) is 2.90. The zero-order chi connectivity index (χ0) is 15.2. The molecule has 1 heterocycles. The molecule has 0 radical (unpaired) electrons. The molecule has 21 heavy (non-hydrogen) atoms. The van der Waals surface area contributed by atoms with Crippen LogP contribution in [0.4, 0.5) is 0 Å². The quantitative estimate of drug-likeness (QED) is 0.825. The number of benzene rings is 1. The number of hydrogen-bond acceptors (Lipinski definition) is 6. The standard InChI is InChI=1S/C14H15ClN2O3S/c1-19-13(18)12(16)6-9-3-2-4-10(5-9)20-8-11-7-17-14(15)21-11/h2-5,7,12H,6,8,16H2,1H3. The Morgan fingerprint density at radius 3 is 3.00 bits per heavy atom. The van der Waals surface area contributed by atoms with E-state index in [1.807, 2.05) is 24.3 Å². The number of carbonyl (C=O) groups excluding carboxylic acids is 1. The number of methoxy groups -OCH3 is 1. The molecule has 0 bridgehead atoms. The molecule has 5 nitrogen and oxygen atoms in total. The predicted octanol–water partition coefficient (Wildman–Crippen LogP) is 2.42. The highest BCUT2D eigenvalue weighted by Crippen LogP contribution is 2.21. The molecular weight excluding hydrogens is 312 g/mol. The molecule has 2 aromatic rings. The zero-order valence-electron chi connectivity index (χ0n) is 11.4. The van der Waals surface area contributed by atoms with Gasteiger partial charge in [-0.2, -0.15) is 0 Å². The number of carbonyl (C=O) groups is 1. The number of nitrogens with two attached hydrogens (primary N) is 1. The first kappa shape index (κ1) is 15.8. The van der Waals surface area contributed by atoms with Gasteiger partial charge in [0.1, 0.15) is 18.4 Å². The number of aromatic nitrogens is 1. The number of halogens is 1. The van der Waals surface area contributed by atoms with E-state index in [4.69, 9.17) is 22.1 Å². The summed E-state index contributed by atoms with van der Waals surface area (Å²) in [6.45, 7) is 0.400. The number of hydrogen-bond donors (Lipinski definition) is 1. The Kier molecular flexibility index (Phi) is 5.55. The van der Waals surface area contributed by atoms with Crippen LogP contribution >= 0.6 is 22.9 Å². The Morgan fingerprint density at radius 2 is 2.33 bits per heavy atom. The Labute approximate surface area is 131 Å². The van der Waals surface area contributed by atoms with Gasteiger partial charge in [-0.25, -0.2) is 4.98 Å². The molecule has 0 aliphatic carbocycles. The van der Waals surface area contributed by atoms with Gasteiger partial charge in [0.2, 0.25) is 0 Å². The molecule has 0 aliphatic heterocycles. The molecule has 0 saturated carbocycles. The van der Waals surface area contributed by atoms with Crippen molar-refractivity contribution in [3.63, 3.8) is 0 Å². The molecule has 7 heteroatoms. The minimum Gasteiger partial charge on any atom is -0.488 e. The van der Waals surface area contributed by atoms with Crippen LogP contribution in [-0.4, -0.2) is 24.1 Å². The van der Waals surface area contributed by atoms with Crippen molar-refractivity contribution in [1.82, 2.24) is 4.98 Å². The lowest BCUT2D eigenvalue weighted by Gasteiger charge is -2.10. The molecule has 2 rings (SSSR count). The third-order valence-corrected chi connectivity index (χ3v) is 3.85. The van der Waals surface area contributed by atoms with Crippen molar-refractivity contribution in [2.24, 2.45) is 5.73 Å². The highest BCUT2D eigenvalue weighted by atomic mass is 35.5. The molecule has 1 atom stereocenters. The van der Waals surface area contributed by atoms with Gasteiger partial charge in [0.05, 0.1) is 12.0 Å². The number of thiazole rings is 1. The SMILES string of the molecule is COC(=O)C(N)Cc1cccc(OCc2cnc(Cl)s2)c1. The van der Waals surface area contributed by atoms with Gasteiger partial charge < -0.3 is 15.2 Å². The number of nitrogens with zero attached hydrogens (tertiary/aromatic N) is 1. The Hall–Kier alpha value is -1.63. The number of ether oxygens (including phenoxy) is 2. The van der Waals surface area contributed by atoms with Crippen molar-refractivity contribution in [2.75, 3.05) is 7.11 Å². The van der Waals surface area contributed by atoms with Gasteiger partial charge in [-0.05, 0) is 24.1 Å². The van der Waals surface area contributed by atoms with Crippen LogP contribution in [0.15, 0.2) is 30.5 Å². The summed E-state index contributed by atoms with van der Waals surface area (Å²) in [6, 6.07) is 6.76. The van der Waals surface area contributed by atoms with E-state index in [9.17, 15) is 4.79 Å². The fourth-order valence-electron chi connectivity index (χ4n) is 1.76. The highest BCUT2D eigenvalue weighted by Gasteiger charge is 2.14. The molecule has 1 unspecified atom stereocenters. The van der Waals surface area contributed by atoms with E-state index in [1.165, 1.54) is 18.4 Å². The molecule has 0 amide bonds. The van der Waals surface area contributed by atoms with E-state index in [1.54, 1.807) is 6.20 Å². The maximum Gasteiger partial charge on any atom is 0.322 e. The molecule has 0 fully saturated rings. The van der Waals surface area contributed by atoms with E-state index < -0.39 is 12.0 Å². The van der Waals surface area contributed by atoms with Crippen LogP contribution in [0.1, 0.15) is 10.4 Å². The Morgan fingerprint density at radius 1 is 1.52 bits per heavy atom. The second-order valence-corrected chi connectivity index (χ2v) is 6.05. The molecule has 0 aliphatic rings. The van der Waals surface area contributed by atoms with Crippen LogP contribution < -0.4 is 10.5 Å². The molecule has 112 valence electrons. The largest absolute Gasteiger partial charge is 0.488 e. The summed E-state index contributed by atoms with van der Waals surface area (Å²) in [5.74, 6) is 0.273. The summed E-state index contributed by atoms with van der Waals surface area (Å²) in [5, 5.41) is 0. The average molecular weight is 327 g/mol. The van der Waals surface area contributed by atoms with E-state index in [2.05, 4.69) is 9.72 Å². The highest BCUT2D eigenvalue weighted by molar-refractivity contribution is 7.15. The lowest BCUT2D eigenvalue weighted by molar-refractivity contribution is -0.142. The first-order chi connectivity index (χ1) is 10.1. The van der Waals surface area contributed by atoms with Crippen LogP contribution in [0.5, 0.6) is 5.75 Å². The Bertz CT molecular complexity index is 618. The first-order valence-electron chi connectivity index (χ1n) is 6.24. The summed E-state index contributed by atoms with van der Waals surface area (Å²) < 4.78 is 10.8. The smallest absolute Gasteiger partial charge is 0.322 e. The van der Waals surface area contributed by atoms with Crippen LogP contribution in [0, 0.1) is 0 Å². The van der Waals surface area contributed by atoms with Gasteiger partial charge in [-0.1, -0.05) is 23.7 Å². The fourth-order valence-corrected chi connectivity index (χ4v) is 2.65. The van der Waals surface area contributed by atoms with Crippen molar-refractivity contribution in [3.05, 3.63) is 45.4 Å². The van der Waals surface area contributed by atoms with Gasteiger partial charge >= 0.3 is 5.97 Å². The molecule has 1 aromatic carbocycles. The van der Waals surface area contributed by atoms with Gasteiger partial charge in [0.25, 0.3) is 0 Å². The molecule has 2 N–H and O–H groups in total.